The topological polar surface area (TPSA) is 95.9 Å². The molecule has 0 aromatic heterocycles. The van der Waals surface area contributed by atoms with E-state index in [0.717, 1.165) is 44.2 Å². The lowest BCUT2D eigenvalue weighted by molar-refractivity contribution is -0.184. The van der Waals surface area contributed by atoms with Crippen LogP contribution in [0, 0.1) is 34.0 Å². The molecule has 0 radical (unpaired) electrons. The number of hydrogen-bond acceptors (Lipinski definition) is 6. The second-order valence-electron chi connectivity index (χ2n) is 13.2. The van der Waals surface area contributed by atoms with Crippen LogP contribution in [0.25, 0.3) is 0 Å². The zero-order valence-corrected chi connectivity index (χ0v) is 21.3. The van der Waals surface area contributed by atoms with Crippen molar-refractivity contribution < 1.29 is 24.6 Å². The third-order valence-electron chi connectivity index (χ3n) is 11.6. The van der Waals surface area contributed by atoms with Crippen LogP contribution in [-0.2, 0) is 14.4 Å². The van der Waals surface area contributed by atoms with Crippen molar-refractivity contribution >= 4 is 11.6 Å². The van der Waals surface area contributed by atoms with E-state index in [-0.39, 0.29) is 41.3 Å². The lowest BCUT2D eigenvalue weighted by Gasteiger charge is -2.60. The first-order valence-corrected chi connectivity index (χ1v) is 13.8. The van der Waals surface area contributed by atoms with E-state index in [9.17, 15) is 19.8 Å². The lowest BCUT2D eigenvalue weighted by atomic mass is 9.45. The number of carbonyl (C=O) groups is 2. The van der Waals surface area contributed by atoms with Gasteiger partial charge in [0.25, 0.3) is 0 Å². The standard InChI is InChI=1S/C29H41NO5/c1-26-9-7-20(31)15-18(26)3-4-21-22-8-12-29(34,27(22,2)16-23(32)25(21)26)24(33)17-35-30-19-5-10-28(11-6-19)13-14-28/h5,15,21-23,25,30,32,34H,3-4,6-14,16-17H2,1-2H3/t21?,22?,23-,25?,26?,27?,29-/m0/s1. The van der Waals surface area contributed by atoms with Gasteiger partial charge in [0.2, 0.25) is 0 Å². The molecule has 4 fully saturated rings. The Morgan fingerprint density at radius 2 is 1.91 bits per heavy atom. The van der Waals surface area contributed by atoms with Gasteiger partial charge < -0.3 is 10.2 Å². The number of aliphatic hydroxyl groups is 2. The minimum absolute atomic E-state index is 0.0806. The maximum absolute atomic E-state index is 13.4. The summed E-state index contributed by atoms with van der Waals surface area (Å²) in [7, 11) is 0. The third kappa shape index (κ3) is 3.53. The fourth-order valence-corrected chi connectivity index (χ4v) is 9.13. The van der Waals surface area contributed by atoms with Crippen LogP contribution in [0.5, 0.6) is 0 Å². The van der Waals surface area contributed by atoms with E-state index in [4.69, 9.17) is 4.84 Å². The van der Waals surface area contributed by atoms with E-state index < -0.39 is 17.1 Å². The number of nitrogens with one attached hydrogen (secondary N) is 1. The Hall–Kier alpha value is -1.50. The Morgan fingerprint density at radius 3 is 2.63 bits per heavy atom. The van der Waals surface area contributed by atoms with Crippen LogP contribution in [-0.4, -0.2) is 40.1 Å². The molecule has 192 valence electrons. The summed E-state index contributed by atoms with van der Waals surface area (Å²) in [5.41, 5.74) is 3.45. The molecule has 0 aromatic rings. The van der Waals surface area contributed by atoms with Crippen LogP contribution in [0.1, 0.15) is 90.9 Å². The minimum Gasteiger partial charge on any atom is -0.393 e. The molecule has 0 bridgehead atoms. The van der Waals surface area contributed by atoms with Gasteiger partial charge in [-0.1, -0.05) is 25.5 Å². The van der Waals surface area contributed by atoms with Gasteiger partial charge in [0, 0.05) is 17.5 Å². The molecule has 3 N–H and O–H groups in total. The summed E-state index contributed by atoms with van der Waals surface area (Å²) < 4.78 is 0. The van der Waals surface area contributed by atoms with Crippen LogP contribution in [0.15, 0.2) is 23.4 Å². The molecule has 0 amide bonds. The van der Waals surface area contributed by atoms with E-state index in [2.05, 4.69) is 18.5 Å². The molecule has 5 unspecified atom stereocenters. The summed E-state index contributed by atoms with van der Waals surface area (Å²) in [6.45, 7) is 4.08. The first-order chi connectivity index (χ1) is 16.6. The number of fused-ring (bicyclic) bond motifs is 5. The number of hydroxylamine groups is 1. The average molecular weight is 484 g/mol. The molecule has 0 aliphatic heterocycles. The summed E-state index contributed by atoms with van der Waals surface area (Å²) in [6, 6.07) is 0. The normalized spacial score (nSPS) is 45.7. The first kappa shape index (κ1) is 23.9. The van der Waals surface area contributed by atoms with Crippen molar-refractivity contribution in [3.63, 3.8) is 0 Å². The molecule has 1 spiro atoms. The van der Waals surface area contributed by atoms with E-state index in [1.165, 1.54) is 24.8 Å². The molecule has 6 aliphatic carbocycles. The molecule has 0 saturated heterocycles. The zero-order chi connectivity index (χ0) is 24.6. The van der Waals surface area contributed by atoms with Crippen LogP contribution in [0.4, 0.5) is 0 Å². The van der Waals surface area contributed by atoms with E-state index in [0.29, 0.717) is 24.7 Å². The van der Waals surface area contributed by atoms with Crippen LogP contribution in [0.2, 0.25) is 0 Å². The van der Waals surface area contributed by atoms with Gasteiger partial charge >= 0.3 is 0 Å². The second-order valence-corrected chi connectivity index (χ2v) is 13.2. The smallest absolute Gasteiger partial charge is 0.193 e. The summed E-state index contributed by atoms with van der Waals surface area (Å²) in [4.78, 5) is 31.1. The Balaban J connectivity index is 1.16. The van der Waals surface area contributed by atoms with Crippen LogP contribution >= 0.6 is 0 Å². The molecule has 35 heavy (non-hydrogen) atoms. The Kier molecular flexibility index (Phi) is 5.45. The lowest BCUT2D eigenvalue weighted by Crippen LogP contribution is -2.62. The van der Waals surface area contributed by atoms with Gasteiger partial charge in [-0.25, -0.2) is 0 Å². The Morgan fingerprint density at radius 1 is 1.11 bits per heavy atom. The van der Waals surface area contributed by atoms with Gasteiger partial charge in [-0.05, 0) is 105 Å². The van der Waals surface area contributed by atoms with Crippen molar-refractivity contribution in [3.8, 4) is 0 Å². The average Bonchev–Trinajstić information content (AvgIpc) is 3.52. The monoisotopic (exact) mass is 483 g/mol. The largest absolute Gasteiger partial charge is 0.393 e. The molecular formula is C29H41NO5. The highest BCUT2D eigenvalue weighted by molar-refractivity contribution is 5.92. The highest BCUT2D eigenvalue weighted by Gasteiger charge is 2.68. The number of carbonyl (C=O) groups excluding carboxylic acids is 2. The molecular weight excluding hydrogens is 442 g/mol. The molecule has 6 aliphatic rings. The highest BCUT2D eigenvalue weighted by Crippen LogP contribution is 2.67. The fourth-order valence-electron chi connectivity index (χ4n) is 9.13. The zero-order valence-electron chi connectivity index (χ0n) is 21.3. The van der Waals surface area contributed by atoms with Gasteiger partial charge in [-0.3, -0.25) is 19.9 Å². The van der Waals surface area contributed by atoms with Gasteiger partial charge in [-0.2, -0.15) is 0 Å². The van der Waals surface area contributed by atoms with Gasteiger partial charge in [-0.15, -0.1) is 0 Å². The van der Waals surface area contributed by atoms with Gasteiger partial charge in [0.05, 0.1) is 6.10 Å². The number of allylic oxidation sites excluding steroid dienone is 3. The highest BCUT2D eigenvalue weighted by atomic mass is 16.6. The molecule has 6 rings (SSSR count). The summed E-state index contributed by atoms with van der Waals surface area (Å²) in [6.07, 6.45) is 14.1. The molecule has 6 heteroatoms. The summed E-state index contributed by atoms with van der Waals surface area (Å²) in [5.74, 6) is 0.446. The SMILES string of the molecule is CC12CCC(=O)C=C1CCC1C2[C@@H](O)CC2(C)C1CC[C@]2(O)C(=O)CONC1=CCC2(CC1)CC2. The number of hydrogen-bond donors (Lipinski definition) is 3. The fraction of sp³-hybridized carbons (Fsp3) is 0.793. The number of aliphatic hydroxyl groups excluding tert-OH is 1. The maximum atomic E-state index is 13.4. The molecule has 7 atom stereocenters. The maximum Gasteiger partial charge on any atom is 0.193 e. The predicted molar refractivity (Wildman–Crippen MR) is 131 cm³/mol. The second kappa shape index (κ2) is 8.00. The van der Waals surface area contributed by atoms with Crippen LogP contribution < -0.4 is 5.48 Å². The van der Waals surface area contributed by atoms with Gasteiger partial charge in [0.15, 0.2) is 11.6 Å². The Bertz CT molecular complexity index is 997. The minimum atomic E-state index is -1.48. The predicted octanol–water partition coefficient (Wildman–Crippen LogP) is 4.16. The van der Waals surface area contributed by atoms with Crippen molar-refractivity contribution in [3.05, 3.63) is 23.4 Å². The first-order valence-electron chi connectivity index (χ1n) is 13.8. The molecule has 6 nitrogen and oxygen atoms in total. The molecule has 4 saturated carbocycles. The van der Waals surface area contributed by atoms with E-state index in [1.54, 1.807) is 0 Å². The molecule has 0 aromatic carbocycles. The number of rotatable bonds is 5. The Labute approximate surface area is 208 Å². The number of Topliss-reactive ketones (excluding diaryl/α,β-unsaturated/α-hetero) is 1. The van der Waals surface area contributed by atoms with Crippen molar-refractivity contribution in [2.45, 2.75) is 103 Å². The van der Waals surface area contributed by atoms with Gasteiger partial charge in [0.1, 0.15) is 12.2 Å². The van der Waals surface area contributed by atoms with Crippen molar-refractivity contribution in [1.29, 1.82) is 0 Å². The van der Waals surface area contributed by atoms with Crippen molar-refractivity contribution in [2.24, 2.45) is 34.0 Å². The van der Waals surface area contributed by atoms with Crippen molar-refractivity contribution in [1.82, 2.24) is 5.48 Å². The summed E-state index contributed by atoms with van der Waals surface area (Å²) >= 11 is 0. The quantitative estimate of drug-likeness (QED) is 0.508. The molecule has 0 heterocycles. The third-order valence-corrected chi connectivity index (χ3v) is 11.6. The van der Waals surface area contributed by atoms with Crippen LogP contribution in [0.3, 0.4) is 0 Å². The van der Waals surface area contributed by atoms with E-state index in [1.807, 2.05) is 13.0 Å². The van der Waals surface area contributed by atoms with E-state index >= 15 is 0 Å². The van der Waals surface area contributed by atoms with Crippen molar-refractivity contribution in [2.75, 3.05) is 6.61 Å². The number of ketones is 2. The summed E-state index contributed by atoms with van der Waals surface area (Å²) in [5, 5.41) is 23.3.